The van der Waals surface area contributed by atoms with Gasteiger partial charge < -0.3 is 9.21 Å². The van der Waals surface area contributed by atoms with Gasteiger partial charge in [-0.2, -0.15) is 0 Å². The molecule has 0 aliphatic carbocycles. The van der Waals surface area contributed by atoms with Crippen LogP contribution in [0.15, 0.2) is 28.7 Å². The second-order valence-electron chi connectivity index (χ2n) is 3.78. The highest BCUT2D eigenvalue weighted by molar-refractivity contribution is 5.54. The van der Waals surface area contributed by atoms with E-state index in [1.165, 1.54) is 12.1 Å². The molecule has 0 amide bonds. The Morgan fingerprint density at radius 2 is 2.06 bits per heavy atom. The topological polar surface area (TPSA) is 43.1 Å². The molecule has 0 fully saturated rings. The van der Waals surface area contributed by atoms with Crippen LogP contribution in [0.5, 0.6) is 0 Å². The first-order valence-electron chi connectivity index (χ1n) is 5.32. The van der Waals surface area contributed by atoms with Crippen LogP contribution in [0, 0.1) is 12.7 Å². The van der Waals surface area contributed by atoms with Crippen LogP contribution < -0.4 is 0 Å². The molecule has 0 saturated carbocycles. The molecule has 4 heteroatoms. The van der Waals surface area contributed by atoms with Gasteiger partial charge in [0.25, 0.3) is 0 Å². The van der Waals surface area contributed by atoms with E-state index in [-0.39, 0.29) is 12.2 Å². The van der Waals surface area contributed by atoms with Crippen LogP contribution in [0.4, 0.5) is 4.39 Å². The lowest BCUT2D eigenvalue weighted by Gasteiger charge is -1.96. The largest absolute Gasteiger partial charge is 0.445 e. The molecule has 1 aromatic heterocycles. The van der Waals surface area contributed by atoms with Crippen molar-refractivity contribution in [3.05, 3.63) is 53.0 Å². The van der Waals surface area contributed by atoms with E-state index in [4.69, 9.17) is 4.42 Å². The number of hydrogen-bond donors (Lipinski definition) is 0. The lowest BCUT2D eigenvalue weighted by atomic mass is 10.1. The molecule has 17 heavy (non-hydrogen) atoms. The van der Waals surface area contributed by atoms with Gasteiger partial charge in [0.05, 0.1) is 5.69 Å². The zero-order valence-electron chi connectivity index (χ0n) is 9.44. The zero-order chi connectivity index (χ0) is 12.3. The summed E-state index contributed by atoms with van der Waals surface area (Å²) in [7, 11) is 0. The van der Waals surface area contributed by atoms with E-state index < -0.39 is 0 Å². The summed E-state index contributed by atoms with van der Waals surface area (Å²) in [5, 5.41) is 0. The molecule has 0 aliphatic rings. The van der Waals surface area contributed by atoms with E-state index in [2.05, 4.69) is 4.98 Å². The molecule has 2 aromatic rings. The van der Waals surface area contributed by atoms with Gasteiger partial charge in [0.2, 0.25) is 0 Å². The van der Waals surface area contributed by atoms with Crippen LogP contribution in [0.3, 0.4) is 0 Å². The molecule has 88 valence electrons. The quantitative estimate of drug-likeness (QED) is 0.762. The van der Waals surface area contributed by atoms with Crippen LogP contribution in [0.2, 0.25) is 0 Å². The first-order chi connectivity index (χ1) is 8.19. The summed E-state index contributed by atoms with van der Waals surface area (Å²) >= 11 is 0. The first kappa shape index (κ1) is 11.5. The van der Waals surface area contributed by atoms with Gasteiger partial charge in [0.1, 0.15) is 17.9 Å². The summed E-state index contributed by atoms with van der Waals surface area (Å²) in [6.45, 7) is 1.78. The van der Waals surface area contributed by atoms with E-state index in [0.717, 1.165) is 11.8 Å². The van der Waals surface area contributed by atoms with Gasteiger partial charge in [0.15, 0.2) is 5.89 Å². The minimum atomic E-state index is -0.265. The molecule has 2 rings (SSSR count). The fourth-order valence-corrected chi connectivity index (χ4v) is 1.61. The van der Waals surface area contributed by atoms with Crippen LogP contribution >= 0.6 is 0 Å². The number of rotatable bonds is 4. The number of carbonyl (C=O) groups excluding carboxylic acids is 1. The van der Waals surface area contributed by atoms with Gasteiger partial charge in [-0.1, -0.05) is 12.1 Å². The Balaban J connectivity index is 2.15. The third-order valence-electron chi connectivity index (χ3n) is 2.48. The molecule has 0 spiro atoms. The Labute approximate surface area is 98.3 Å². The smallest absolute Gasteiger partial charge is 0.199 e. The highest BCUT2D eigenvalue weighted by Crippen LogP contribution is 2.14. The van der Waals surface area contributed by atoms with E-state index >= 15 is 0 Å². The summed E-state index contributed by atoms with van der Waals surface area (Å²) in [6, 6.07) is 6.18. The highest BCUT2D eigenvalue weighted by atomic mass is 19.1. The number of aryl methyl sites for hydroxylation is 1. The van der Waals surface area contributed by atoms with Crippen LogP contribution in [0.25, 0.3) is 0 Å². The van der Waals surface area contributed by atoms with E-state index in [1.807, 2.05) is 0 Å². The lowest BCUT2D eigenvalue weighted by molar-refractivity contribution is -0.107. The number of halogens is 1. The summed E-state index contributed by atoms with van der Waals surface area (Å²) in [5.74, 6) is 0.944. The SMILES string of the molecule is Cc1oc(Cc2ccc(F)cc2)nc1CC=O. The number of carbonyl (C=O) groups is 1. The van der Waals surface area contributed by atoms with Gasteiger partial charge in [-0.15, -0.1) is 0 Å². The van der Waals surface area contributed by atoms with Crippen molar-refractivity contribution in [2.24, 2.45) is 0 Å². The molecule has 3 nitrogen and oxygen atoms in total. The predicted octanol–water partition coefficient (Wildman–Crippen LogP) is 2.45. The van der Waals surface area contributed by atoms with Crippen molar-refractivity contribution in [3.8, 4) is 0 Å². The standard InChI is InChI=1S/C13H12FNO2/c1-9-12(6-7-16)15-13(17-9)8-10-2-4-11(14)5-3-10/h2-5,7H,6,8H2,1H3. The van der Waals surface area contributed by atoms with Gasteiger partial charge >= 0.3 is 0 Å². The van der Waals surface area contributed by atoms with Crippen molar-refractivity contribution in [1.82, 2.24) is 4.98 Å². The number of aromatic nitrogens is 1. The predicted molar refractivity (Wildman–Crippen MR) is 60.2 cm³/mol. The van der Waals surface area contributed by atoms with E-state index in [1.54, 1.807) is 19.1 Å². The van der Waals surface area contributed by atoms with Gasteiger partial charge in [-0.05, 0) is 24.6 Å². The summed E-state index contributed by atoms with van der Waals surface area (Å²) in [4.78, 5) is 14.6. The Kier molecular flexibility index (Phi) is 3.32. The molecule has 0 bridgehead atoms. The Morgan fingerprint density at radius 1 is 1.35 bits per heavy atom. The first-order valence-corrected chi connectivity index (χ1v) is 5.32. The monoisotopic (exact) mass is 233 g/mol. The number of benzene rings is 1. The fraction of sp³-hybridized carbons (Fsp3) is 0.231. The maximum atomic E-state index is 12.7. The molecule has 0 unspecified atom stereocenters. The average molecular weight is 233 g/mol. The highest BCUT2D eigenvalue weighted by Gasteiger charge is 2.09. The molecule has 0 aliphatic heterocycles. The molecular weight excluding hydrogens is 221 g/mol. The average Bonchev–Trinajstić information content (AvgIpc) is 2.63. The minimum Gasteiger partial charge on any atom is -0.445 e. The number of nitrogens with zero attached hydrogens (tertiary/aromatic N) is 1. The zero-order valence-corrected chi connectivity index (χ0v) is 9.44. The molecule has 0 saturated heterocycles. The Bertz CT molecular complexity index is 517. The van der Waals surface area contributed by atoms with E-state index in [9.17, 15) is 9.18 Å². The van der Waals surface area contributed by atoms with Crippen molar-refractivity contribution in [3.63, 3.8) is 0 Å². The molecule has 0 atom stereocenters. The van der Waals surface area contributed by atoms with Gasteiger partial charge in [-0.25, -0.2) is 9.37 Å². The molecule has 0 N–H and O–H groups in total. The third-order valence-corrected chi connectivity index (χ3v) is 2.48. The number of oxazole rings is 1. The van der Waals surface area contributed by atoms with Crippen molar-refractivity contribution in [1.29, 1.82) is 0 Å². The van der Waals surface area contributed by atoms with Crippen LogP contribution in [-0.4, -0.2) is 11.3 Å². The van der Waals surface area contributed by atoms with Crippen molar-refractivity contribution in [2.45, 2.75) is 19.8 Å². The van der Waals surface area contributed by atoms with Crippen molar-refractivity contribution < 1.29 is 13.6 Å². The second kappa shape index (κ2) is 4.91. The van der Waals surface area contributed by atoms with Crippen molar-refractivity contribution in [2.75, 3.05) is 0 Å². The molecule has 1 aromatic carbocycles. The van der Waals surface area contributed by atoms with Crippen molar-refractivity contribution >= 4 is 6.29 Å². The number of aldehydes is 1. The third kappa shape index (κ3) is 2.78. The van der Waals surface area contributed by atoms with E-state index in [0.29, 0.717) is 23.8 Å². The van der Waals surface area contributed by atoms with Crippen LogP contribution in [-0.2, 0) is 17.6 Å². The molecular formula is C13H12FNO2. The Hall–Kier alpha value is -1.97. The summed E-state index contributed by atoms with van der Waals surface area (Å²) in [5.41, 5.74) is 1.59. The molecule has 0 radical (unpaired) electrons. The molecule has 1 heterocycles. The lowest BCUT2D eigenvalue weighted by Crippen LogP contribution is -1.91. The normalized spacial score (nSPS) is 10.5. The second-order valence-corrected chi connectivity index (χ2v) is 3.78. The van der Waals surface area contributed by atoms with Gasteiger partial charge in [0, 0.05) is 12.8 Å². The fourth-order valence-electron chi connectivity index (χ4n) is 1.61. The van der Waals surface area contributed by atoms with Gasteiger partial charge in [-0.3, -0.25) is 0 Å². The number of hydrogen-bond acceptors (Lipinski definition) is 3. The summed E-state index contributed by atoms with van der Waals surface area (Å²) in [6.07, 6.45) is 1.56. The Morgan fingerprint density at radius 3 is 2.71 bits per heavy atom. The minimum absolute atomic E-state index is 0.263. The maximum Gasteiger partial charge on any atom is 0.199 e. The summed E-state index contributed by atoms with van der Waals surface area (Å²) < 4.78 is 18.2. The van der Waals surface area contributed by atoms with Crippen LogP contribution in [0.1, 0.15) is 22.9 Å². The maximum absolute atomic E-state index is 12.7.